The van der Waals surface area contributed by atoms with Crippen molar-refractivity contribution < 1.29 is 23.4 Å². The van der Waals surface area contributed by atoms with Gasteiger partial charge in [-0.15, -0.1) is 0 Å². The van der Waals surface area contributed by atoms with Gasteiger partial charge in [-0.1, -0.05) is 22.0 Å². The number of carbonyl (C=O) groups is 1. The minimum Gasteiger partial charge on any atom is -0.493 e. The molecule has 3 N–H and O–H groups in total. The van der Waals surface area contributed by atoms with Crippen LogP contribution in [0.4, 0.5) is 5.82 Å². The average Bonchev–Trinajstić information content (AvgIpc) is 3.31. The normalized spacial score (nSPS) is 12.2. The van der Waals surface area contributed by atoms with Gasteiger partial charge in [0.1, 0.15) is 17.6 Å². The van der Waals surface area contributed by atoms with Crippen LogP contribution in [0.2, 0.25) is 0 Å². The van der Waals surface area contributed by atoms with Crippen LogP contribution in [0, 0.1) is 0 Å². The Morgan fingerprint density at radius 1 is 1.16 bits per heavy atom. The molecule has 0 saturated carbocycles. The van der Waals surface area contributed by atoms with E-state index in [0.29, 0.717) is 60.2 Å². The van der Waals surface area contributed by atoms with E-state index >= 15 is 0 Å². The highest BCUT2D eigenvalue weighted by Gasteiger charge is 2.22. The van der Waals surface area contributed by atoms with E-state index < -0.39 is 8.03 Å². The molecule has 13 heteroatoms. The highest BCUT2D eigenvalue weighted by atomic mass is 79.9. The zero-order valence-corrected chi connectivity index (χ0v) is 23.1. The Morgan fingerprint density at radius 3 is 2.76 bits per heavy atom. The van der Waals surface area contributed by atoms with Gasteiger partial charge in [-0.05, 0) is 54.3 Å². The molecule has 0 aliphatic rings. The lowest BCUT2D eigenvalue weighted by Crippen LogP contribution is -2.25. The van der Waals surface area contributed by atoms with E-state index in [4.69, 9.17) is 19.7 Å². The second kappa shape index (κ2) is 13.3. The van der Waals surface area contributed by atoms with Crippen molar-refractivity contribution in [1.82, 2.24) is 24.8 Å². The van der Waals surface area contributed by atoms with E-state index in [1.807, 2.05) is 19.1 Å². The number of aromatic nitrogens is 4. The van der Waals surface area contributed by atoms with Crippen LogP contribution in [0.1, 0.15) is 23.7 Å². The van der Waals surface area contributed by atoms with Gasteiger partial charge in [0.15, 0.2) is 17.2 Å². The zero-order chi connectivity index (χ0) is 26.9. The molecule has 11 nitrogen and oxygen atoms in total. The van der Waals surface area contributed by atoms with Crippen LogP contribution >= 0.6 is 24.0 Å². The summed E-state index contributed by atoms with van der Waals surface area (Å²) in [5.41, 5.74) is 7.56. The van der Waals surface area contributed by atoms with Gasteiger partial charge in [-0.25, -0.2) is 15.0 Å². The summed E-state index contributed by atoms with van der Waals surface area (Å²) in [5.74, 6) is 1.17. The van der Waals surface area contributed by atoms with Crippen molar-refractivity contribution in [3.05, 3.63) is 71.2 Å². The molecule has 2 aromatic heterocycles. The molecule has 2 atom stereocenters. The summed E-state index contributed by atoms with van der Waals surface area (Å²) < 4.78 is 32.1. The molecule has 38 heavy (non-hydrogen) atoms. The summed E-state index contributed by atoms with van der Waals surface area (Å²) in [4.78, 5) is 24.5. The predicted octanol–water partition coefficient (Wildman–Crippen LogP) is 4.55. The Hall–Kier alpha value is -3.60. The standard InChI is InChI=1S/C25H26BrN6O5P/c1-17(13-32-15-31-22-23(27)29-14-30-24(22)32)36-16-38(34)37-21-5-2-4-20(12-21)35-11-3-10-28-25(33)18-6-8-19(26)9-7-18/h2,4-9,12,14-15,17H,3,10-11,13,16H2,1H3,(H2-,27,28,29,30,33)/p+1. The second-order valence-electron chi connectivity index (χ2n) is 8.30. The van der Waals surface area contributed by atoms with Gasteiger partial charge in [0.05, 0.1) is 25.6 Å². The summed E-state index contributed by atoms with van der Waals surface area (Å²) in [7, 11) is -2.10. The largest absolute Gasteiger partial charge is 0.585 e. The number of imidazole rings is 1. The van der Waals surface area contributed by atoms with E-state index in [0.717, 1.165) is 4.47 Å². The fraction of sp³-hybridized carbons (Fsp3) is 0.280. The summed E-state index contributed by atoms with van der Waals surface area (Å²) in [6.45, 7) is 3.18. The summed E-state index contributed by atoms with van der Waals surface area (Å²) in [6.07, 6.45) is 3.27. The maximum absolute atomic E-state index is 12.4. The average molecular weight is 602 g/mol. The van der Waals surface area contributed by atoms with Gasteiger partial charge in [-0.3, -0.25) is 9.32 Å². The molecular weight excluding hydrogens is 575 g/mol. The summed E-state index contributed by atoms with van der Waals surface area (Å²) in [6, 6.07) is 14.1. The molecule has 0 aliphatic heterocycles. The lowest BCUT2D eigenvalue weighted by Gasteiger charge is -2.10. The van der Waals surface area contributed by atoms with Crippen molar-refractivity contribution in [2.75, 3.05) is 25.2 Å². The zero-order valence-electron chi connectivity index (χ0n) is 20.6. The number of rotatable bonds is 13. The molecule has 4 aromatic rings. The molecule has 1 amide bonds. The van der Waals surface area contributed by atoms with E-state index in [1.54, 1.807) is 47.3 Å². The number of carbonyl (C=O) groups excluding carboxylic acids is 1. The molecule has 0 spiro atoms. The quantitative estimate of drug-likeness (QED) is 0.166. The lowest BCUT2D eigenvalue weighted by molar-refractivity contribution is 0.0852. The van der Waals surface area contributed by atoms with Gasteiger partial charge >= 0.3 is 8.03 Å². The van der Waals surface area contributed by atoms with Gasteiger partial charge in [0.2, 0.25) is 0 Å². The van der Waals surface area contributed by atoms with Crippen molar-refractivity contribution in [2.24, 2.45) is 0 Å². The number of anilines is 1. The minimum atomic E-state index is -2.10. The van der Waals surface area contributed by atoms with E-state index in [9.17, 15) is 9.36 Å². The third-order valence-corrected chi connectivity index (χ3v) is 6.65. The van der Waals surface area contributed by atoms with Crippen LogP contribution in [0.15, 0.2) is 65.7 Å². The third-order valence-electron chi connectivity index (χ3n) is 5.34. The molecule has 198 valence electrons. The molecule has 0 fully saturated rings. The molecule has 0 aliphatic carbocycles. The number of ether oxygens (including phenoxy) is 2. The lowest BCUT2D eigenvalue weighted by atomic mass is 10.2. The number of fused-ring (bicyclic) bond motifs is 1. The fourth-order valence-electron chi connectivity index (χ4n) is 3.48. The van der Waals surface area contributed by atoms with E-state index in [1.165, 1.54) is 6.33 Å². The molecule has 2 aromatic carbocycles. The van der Waals surface area contributed by atoms with Crippen LogP contribution in [0.3, 0.4) is 0 Å². The van der Waals surface area contributed by atoms with Gasteiger partial charge < -0.3 is 25.1 Å². The Balaban J connectivity index is 1.16. The Morgan fingerprint density at radius 2 is 1.95 bits per heavy atom. The SMILES string of the molecule is CC(Cn1cnc2c(N)ncnc21)OC[P+](=O)Oc1cccc(OCCCNC(=O)c2ccc(Br)cc2)c1. The number of nitrogens with one attached hydrogen (secondary N) is 1. The first-order chi connectivity index (χ1) is 18.4. The third kappa shape index (κ3) is 7.70. The van der Waals surface area contributed by atoms with Crippen LogP contribution in [0.25, 0.3) is 11.2 Å². The van der Waals surface area contributed by atoms with Gasteiger partial charge in [0, 0.05) is 22.6 Å². The topological polar surface area (TPSA) is 143 Å². The molecular formula is C25H27BrN6O5P+. The Bertz CT molecular complexity index is 1400. The van der Waals surface area contributed by atoms with Gasteiger partial charge in [-0.2, -0.15) is 0 Å². The summed E-state index contributed by atoms with van der Waals surface area (Å²) >= 11 is 3.35. The molecule has 0 saturated heterocycles. The van der Waals surface area contributed by atoms with Crippen LogP contribution in [-0.2, 0) is 15.8 Å². The van der Waals surface area contributed by atoms with Crippen molar-refractivity contribution >= 4 is 46.8 Å². The molecule has 2 unspecified atom stereocenters. The highest BCUT2D eigenvalue weighted by Crippen LogP contribution is 2.30. The first-order valence-corrected chi connectivity index (χ1v) is 14.0. The molecule has 0 bridgehead atoms. The van der Waals surface area contributed by atoms with Crippen LogP contribution in [-0.4, -0.2) is 51.0 Å². The van der Waals surface area contributed by atoms with Crippen LogP contribution < -0.4 is 20.3 Å². The van der Waals surface area contributed by atoms with E-state index in [-0.39, 0.29) is 18.4 Å². The number of nitrogens with two attached hydrogens (primary N) is 1. The minimum absolute atomic E-state index is 0.0800. The number of hydrogen-bond acceptors (Lipinski definition) is 9. The van der Waals surface area contributed by atoms with Crippen molar-refractivity contribution in [2.45, 2.75) is 26.0 Å². The predicted molar refractivity (Wildman–Crippen MR) is 146 cm³/mol. The van der Waals surface area contributed by atoms with Crippen molar-refractivity contribution in [3.63, 3.8) is 0 Å². The van der Waals surface area contributed by atoms with Crippen molar-refractivity contribution in [1.29, 1.82) is 0 Å². The number of hydrogen-bond donors (Lipinski definition) is 2. The van der Waals surface area contributed by atoms with Crippen molar-refractivity contribution in [3.8, 4) is 11.5 Å². The Kier molecular flexibility index (Phi) is 9.58. The summed E-state index contributed by atoms with van der Waals surface area (Å²) in [5, 5.41) is 2.86. The monoisotopic (exact) mass is 601 g/mol. The first-order valence-electron chi connectivity index (χ1n) is 11.8. The van der Waals surface area contributed by atoms with E-state index in [2.05, 4.69) is 36.2 Å². The Labute approximate surface area is 228 Å². The smallest absolute Gasteiger partial charge is 0.493 e. The van der Waals surface area contributed by atoms with Gasteiger partial charge in [0.25, 0.3) is 12.3 Å². The second-order valence-corrected chi connectivity index (χ2v) is 10.3. The van der Waals surface area contributed by atoms with Crippen LogP contribution in [0.5, 0.6) is 11.5 Å². The first kappa shape index (κ1) is 27.4. The molecule has 2 heterocycles. The fourth-order valence-corrected chi connectivity index (χ4v) is 4.52. The number of halogens is 1. The number of nitrogen functional groups attached to an aromatic ring is 1. The number of benzene rings is 2. The number of nitrogens with zero attached hydrogens (tertiary/aromatic N) is 4. The molecule has 4 rings (SSSR count). The molecule has 0 radical (unpaired) electrons. The maximum atomic E-state index is 12.4. The number of amides is 1. The maximum Gasteiger partial charge on any atom is 0.585 e. The highest BCUT2D eigenvalue weighted by molar-refractivity contribution is 9.10.